The highest BCUT2D eigenvalue weighted by molar-refractivity contribution is 5.13. The first-order chi connectivity index (χ1) is 4.75. The van der Waals surface area contributed by atoms with Crippen molar-refractivity contribution in [3.63, 3.8) is 0 Å². The van der Waals surface area contributed by atoms with Crippen molar-refractivity contribution in [2.75, 3.05) is 0 Å². The molecule has 1 unspecified atom stereocenters. The van der Waals surface area contributed by atoms with Gasteiger partial charge in [-0.3, -0.25) is 0 Å². The van der Waals surface area contributed by atoms with Gasteiger partial charge in [0.05, 0.1) is 0 Å². The van der Waals surface area contributed by atoms with Gasteiger partial charge in [-0.15, -0.1) is 6.42 Å². The minimum absolute atomic E-state index is 1.03. The van der Waals surface area contributed by atoms with Gasteiger partial charge in [-0.2, -0.15) is 13.2 Å². The fourth-order valence-electron chi connectivity index (χ4n) is 0.576. The first kappa shape index (κ1) is 10.3. The number of hydrogen-bond donors (Lipinski definition) is 1. The van der Waals surface area contributed by atoms with Crippen LogP contribution in [0, 0.1) is 18.3 Å². The maximum absolute atomic E-state index is 12.0. The lowest BCUT2D eigenvalue weighted by atomic mass is 9.91. The summed E-state index contributed by atoms with van der Waals surface area (Å²) >= 11 is 0. The number of alkyl halides is 3. The lowest BCUT2D eigenvalue weighted by Gasteiger charge is -2.28. The first-order valence-corrected chi connectivity index (χ1v) is 3.02. The molecule has 1 N–H and O–H groups in total. The molecular formula is C7H9F3O. The summed E-state index contributed by atoms with van der Waals surface area (Å²) in [5.41, 5.74) is -2.99. The third kappa shape index (κ3) is 1.66. The Morgan fingerprint density at radius 2 is 1.73 bits per heavy atom. The van der Waals surface area contributed by atoms with Crippen LogP contribution in [-0.2, 0) is 0 Å². The van der Waals surface area contributed by atoms with E-state index in [1.165, 1.54) is 19.8 Å². The summed E-state index contributed by atoms with van der Waals surface area (Å²) in [4.78, 5) is 0. The Morgan fingerprint density at radius 1 is 1.36 bits per heavy atom. The maximum atomic E-state index is 12.0. The Hall–Kier alpha value is -0.690. The van der Waals surface area contributed by atoms with E-state index in [0.29, 0.717) is 0 Å². The summed E-state index contributed by atoms with van der Waals surface area (Å²) in [5.74, 6) is 0.314. The highest BCUT2D eigenvalue weighted by atomic mass is 19.4. The van der Waals surface area contributed by atoms with Gasteiger partial charge in [-0.1, -0.05) is 19.8 Å². The monoisotopic (exact) mass is 166 g/mol. The molecule has 4 heteroatoms. The Kier molecular flexibility index (Phi) is 2.57. The number of hydrogen-bond acceptors (Lipinski definition) is 1. The van der Waals surface area contributed by atoms with E-state index in [9.17, 15) is 13.2 Å². The highest BCUT2D eigenvalue weighted by Gasteiger charge is 2.54. The first-order valence-electron chi connectivity index (χ1n) is 3.02. The van der Waals surface area contributed by atoms with Crippen LogP contribution in [0.4, 0.5) is 13.2 Å². The van der Waals surface area contributed by atoms with Crippen molar-refractivity contribution in [1.82, 2.24) is 0 Å². The van der Waals surface area contributed by atoms with Gasteiger partial charge >= 0.3 is 6.18 Å². The smallest absolute Gasteiger partial charge is 0.370 e. The summed E-state index contributed by atoms with van der Waals surface area (Å²) in [7, 11) is 0. The van der Waals surface area contributed by atoms with Gasteiger partial charge in [-0.05, 0) is 0 Å². The van der Waals surface area contributed by atoms with Crippen molar-refractivity contribution >= 4 is 0 Å². The van der Waals surface area contributed by atoms with Crippen molar-refractivity contribution in [2.24, 2.45) is 5.92 Å². The SMILES string of the molecule is C#CC(O)(C(C)C)C(F)(F)F. The fourth-order valence-corrected chi connectivity index (χ4v) is 0.576. The minimum atomic E-state index is -4.75. The van der Waals surface area contributed by atoms with Gasteiger partial charge in [0, 0.05) is 5.92 Å². The standard InChI is InChI=1S/C7H9F3O/c1-4-6(11,5(2)3)7(8,9)10/h1,5,11H,2-3H3. The molecule has 0 fully saturated rings. The Balaban J connectivity index is 4.80. The van der Waals surface area contributed by atoms with E-state index in [4.69, 9.17) is 5.11 Å². The van der Waals surface area contributed by atoms with Crippen LogP contribution in [0.25, 0.3) is 0 Å². The van der Waals surface area contributed by atoms with Crippen LogP contribution >= 0.6 is 0 Å². The molecule has 64 valence electrons. The number of halogens is 3. The molecule has 0 aromatic rings. The van der Waals surface area contributed by atoms with Crippen LogP contribution in [0.3, 0.4) is 0 Å². The fraction of sp³-hybridized carbons (Fsp3) is 0.714. The zero-order valence-corrected chi connectivity index (χ0v) is 6.24. The Labute approximate surface area is 63.2 Å². The third-order valence-corrected chi connectivity index (χ3v) is 1.49. The summed E-state index contributed by atoms with van der Waals surface area (Å²) in [5, 5.41) is 8.87. The van der Waals surface area contributed by atoms with Crippen molar-refractivity contribution in [3.05, 3.63) is 0 Å². The molecule has 0 bridgehead atoms. The van der Waals surface area contributed by atoms with Crippen LogP contribution in [0.5, 0.6) is 0 Å². The third-order valence-electron chi connectivity index (χ3n) is 1.49. The Morgan fingerprint density at radius 3 is 1.73 bits per heavy atom. The second-order valence-electron chi connectivity index (χ2n) is 2.56. The molecule has 0 aliphatic carbocycles. The molecule has 0 rings (SSSR count). The normalized spacial score (nSPS) is 17.6. The zero-order chi connectivity index (χ0) is 9.28. The molecule has 1 atom stereocenters. The predicted octanol–water partition coefficient (Wildman–Crippen LogP) is 1.57. The molecule has 0 aliphatic heterocycles. The number of terminal acetylenes is 1. The van der Waals surface area contributed by atoms with Crippen molar-refractivity contribution in [3.8, 4) is 12.3 Å². The van der Waals surface area contributed by atoms with Crippen LogP contribution in [0.2, 0.25) is 0 Å². The average molecular weight is 166 g/mol. The molecule has 1 nitrogen and oxygen atoms in total. The molecule has 0 heterocycles. The second-order valence-corrected chi connectivity index (χ2v) is 2.56. The van der Waals surface area contributed by atoms with Crippen molar-refractivity contribution in [1.29, 1.82) is 0 Å². The lowest BCUT2D eigenvalue weighted by molar-refractivity contribution is -0.249. The van der Waals surface area contributed by atoms with Crippen molar-refractivity contribution < 1.29 is 18.3 Å². The van der Waals surface area contributed by atoms with Crippen LogP contribution in [0.1, 0.15) is 13.8 Å². The average Bonchev–Trinajstić information content (AvgIpc) is 1.83. The molecule has 0 saturated carbocycles. The summed E-state index contributed by atoms with van der Waals surface area (Å²) in [6.45, 7) is 2.43. The number of rotatable bonds is 1. The van der Waals surface area contributed by atoms with Gasteiger partial charge in [0.25, 0.3) is 0 Å². The molecule has 0 spiro atoms. The summed E-state index contributed by atoms with van der Waals surface area (Å²) in [6, 6.07) is 0. The predicted molar refractivity (Wildman–Crippen MR) is 34.7 cm³/mol. The molecule has 0 aliphatic rings. The quantitative estimate of drug-likeness (QED) is 0.586. The van der Waals surface area contributed by atoms with E-state index in [2.05, 4.69) is 6.42 Å². The summed E-state index contributed by atoms with van der Waals surface area (Å²) in [6.07, 6.45) is -0.180. The molecule has 0 radical (unpaired) electrons. The molecular weight excluding hydrogens is 157 g/mol. The van der Waals surface area contributed by atoms with Crippen LogP contribution in [-0.4, -0.2) is 16.9 Å². The van der Waals surface area contributed by atoms with Gasteiger partial charge in [0.2, 0.25) is 5.60 Å². The van der Waals surface area contributed by atoms with E-state index < -0.39 is 17.7 Å². The van der Waals surface area contributed by atoms with E-state index in [-0.39, 0.29) is 0 Å². The molecule has 0 saturated heterocycles. The van der Waals surface area contributed by atoms with Crippen molar-refractivity contribution in [2.45, 2.75) is 25.6 Å². The van der Waals surface area contributed by atoms with E-state index in [0.717, 1.165) is 0 Å². The minimum Gasteiger partial charge on any atom is -0.370 e. The van der Waals surface area contributed by atoms with Gasteiger partial charge in [0.15, 0.2) is 0 Å². The van der Waals surface area contributed by atoms with Gasteiger partial charge in [-0.25, -0.2) is 0 Å². The highest BCUT2D eigenvalue weighted by Crippen LogP contribution is 2.35. The molecule has 11 heavy (non-hydrogen) atoms. The molecule has 0 aromatic carbocycles. The van der Waals surface area contributed by atoms with Gasteiger partial charge < -0.3 is 5.11 Å². The molecule has 0 amide bonds. The number of aliphatic hydroxyl groups is 1. The summed E-state index contributed by atoms with van der Waals surface area (Å²) < 4.78 is 35.9. The van der Waals surface area contributed by atoms with E-state index >= 15 is 0 Å². The van der Waals surface area contributed by atoms with Crippen LogP contribution < -0.4 is 0 Å². The largest absolute Gasteiger partial charge is 0.428 e. The lowest BCUT2D eigenvalue weighted by Crippen LogP contribution is -2.48. The van der Waals surface area contributed by atoms with E-state index in [1.54, 1.807) is 0 Å². The maximum Gasteiger partial charge on any atom is 0.428 e. The van der Waals surface area contributed by atoms with Crippen LogP contribution in [0.15, 0.2) is 0 Å². The zero-order valence-electron chi connectivity index (χ0n) is 6.24. The van der Waals surface area contributed by atoms with E-state index in [1.807, 2.05) is 0 Å². The second kappa shape index (κ2) is 2.74. The topological polar surface area (TPSA) is 20.2 Å². The Bertz CT molecular complexity index is 177. The molecule has 0 aromatic heterocycles. The van der Waals surface area contributed by atoms with Gasteiger partial charge in [0.1, 0.15) is 0 Å².